The minimum absolute atomic E-state index is 0.0622. The normalized spacial score (nSPS) is 12.5. The minimum Gasteiger partial charge on any atom is -0.462 e. The van der Waals surface area contributed by atoms with E-state index < -0.39 is 6.10 Å². The number of rotatable bonds is 63. The molecule has 0 bridgehead atoms. The maximum atomic E-state index is 12.3. The van der Waals surface area contributed by atoms with Crippen LogP contribution in [-0.2, 0) is 19.1 Å². The van der Waals surface area contributed by atoms with Crippen LogP contribution in [0.1, 0.15) is 361 Å². The molecule has 0 rings (SSSR count). The number of aliphatic hydroxyl groups excluding tert-OH is 1. The van der Waals surface area contributed by atoms with E-state index in [0.29, 0.717) is 12.8 Å². The van der Waals surface area contributed by atoms with Crippen molar-refractivity contribution < 1.29 is 24.2 Å². The van der Waals surface area contributed by atoms with Crippen LogP contribution >= 0.6 is 0 Å². The van der Waals surface area contributed by atoms with E-state index in [1.54, 1.807) is 0 Å². The molecule has 0 spiro atoms. The molecule has 0 amide bonds. The summed E-state index contributed by atoms with van der Waals surface area (Å²) in [6, 6.07) is 0. The highest BCUT2D eigenvalue weighted by molar-refractivity contribution is 5.70. The van der Waals surface area contributed by atoms with Gasteiger partial charge in [0.05, 0.1) is 6.61 Å². The van der Waals surface area contributed by atoms with Crippen molar-refractivity contribution in [2.24, 2.45) is 0 Å². The molecule has 0 radical (unpaired) electrons. The molecule has 5 nitrogen and oxygen atoms in total. The Morgan fingerprint density at radius 3 is 0.868 bits per heavy atom. The summed E-state index contributed by atoms with van der Waals surface area (Å²) in [4.78, 5) is 24.6. The van der Waals surface area contributed by atoms with Gasteiger partial charge in [-0.25, -0.2) is 0 Å². The van der Waals surface area contributed by atoms with E-state index in [0.717, 1.165) is 64.2 Å². The fourth-order valence-corrected chi connectivity index (χ4v) is 10.3. The predicted octanol–water partition coefficient (Wildman–Crippen LogP) is 23.3. The Balaban J connectivity index is 3.38. The van der Waals surface area contributed by atoms with Gasteiger partial charge in [-0.15, -0.1) is 0 Å². The summed E-state index contributed by atoms with van der Waals surface area (Å²) < 4.78 is 10.7. The smallest absolute Gasteiger partial charge is 0.306 e. The minimum atomic E-state index is -0.771. The van der Waals surface area contributed by atoms with Gasteiger partial charge in [0.1, 0.15) is 6.61 Å². The van der Waals surface area contributed by atoms with Crippen LogP contribution in [0.3, 0.4) is 0 Å². The number of carbonyl (C=O) groups is 2. The number of hydrogen-bond donors (Lipinski definition) is 1. The Labute approximate surface area is 474 Å². The molecular weight excluding hydrogens is 933 g/mol. The third kappa shape index (κ3) is 64.1. The Morgan fingerprint density at radius 1 is 0.316 bits per heavy atom. The molecule has 0 aliphatic carbocycles. The molecule has 0 aromatic heterocycles. The second kappa shape index (κ2) is 66.9. The monoisotopic (exact) mass is 1060 g/mol. The Hall–Kier alpha value is -2.40. The summed E-state index contributed by atoms with van der Waals surface area (Å²) in [6.07, 6.45) is 91.2. The molecule has 444 valence electrons. The van der Waals surface area contributed by atoms with Crippen molar-refractivity contribution in [3.05, 3.63) is 60.8 Å². The first-order valence-corrected chi connectivity index (χ1v) is 33.8. The van der Waals surface area contributed by atoms with Gasteiger partial charge in [-0.05, 0) is 77.0 Å². The first kappa shape index (κ1) is 73.6. The maximum absolute atomic E-state index is 12.3. The Bertz CT molecular complexity index is 1300. The van der Waals surface area contributed by atoms with Crippen molar-refractivity contribution in [1.82, 2.24) is 0 Å². The lowest BCUT2D eigenvalue weighted by atomic mass is 10.0. The molecule has 5 heteroatoms. The third-order valence-corrected chi connectivity index (χ3v) is 15.3. The van der Waals surface area contributed by atoms with E-state index in [2.05, 4.69) is 74.6 Å². The maximum Gasteiger partial charge on any atom is 0.306 e. The second-order valence-electron chi connectivity index (χ2n) is 22.9. The zero-order valence-corrected chi connectivity index (χ0v) is 51.0. The van der Waals surface area contributed by atoms with E-state index in [4.69, 9.17) is 9.47 Å². The number of hydrogen-bond acceptors (Lipinski definition) is 5. The molecule has 0 saturated heterocycles. The van der Waals surface area contributed by atoms with Gasteiger partial charge >= 0.3 is 11.9 Å². The highest BCUT2D eigenvalue weighted by Crippen LogP contribution is 2.18. The standard InChI is InChI=1S/C71H130O5/c1-3-5-7-9-11-13-15-17-19-21-23-25-26-27-28-29-30-31-32-33-34-35-36-37-38-39-40-41-42-43-44-46-48-50-52-54-56-58-60-62-64-66-71(74)76-69(67-72)68-75-70(73)65-63-61-59-57-55-53-51-49-47-45-24-22-20-18-16-14-12-10-8-6-4-2/h5,7,11,13,17,19,22-25,69,72H,3-4,6,8-10,12,14-16,18,20-21,26-68H2,1-2H3/b7-5-,13-11-,19-17-,24-22-,25-23-. The van der Waals surface area contributed by atoms with Gasteiger partial charge in [-0.3, -0.25) is 9.59 Å². The summed E-state index contributed by atoms with van der Waals surface area (Å²) in [5.41, 5.74) is 0. The van der Waals surface area contributed by atoms with Gasteiger partial charge in [0, 0.05) is 12.8 Å². The SMILES string of the molecule is CC/C=C\C/C=C\C/C=C\C/C=C\CCCCCCCCCCCCCCCCCCCCCCCCCCCCCCC(=O)OC(CO)COC(=O)CCCCCCCCCCC/C=C\CCCCCCCCCC. The van der Waals surface area contributed by atoms with E-state index in [1.165, 1.54) is 270 Å². The van der Waals surface area contributed by atoms with Crippen molar-refractivity contribution in [3.8, 4) is 0 Å². The highest BCUT2D eigenvalue weighted by atomic mass is 16.6. The van der Waals surface area contributed by atoms with E-state index in [-0.39, 0.29) is 25.2 Å². The van der Waals surface area contributed by atoms with Gasteiger partial charge in [-0.1, -0.05) is 331 Å². The molecule has 0 aromatic carbocycles. The zero-order chi connectivity index (χ0) is 54.8. The lowest BCUT2D eigenvalue weighted by Crippen LogP contribution is -2.28. The van der Waals surface area contributed by atoms with Crippen LogP contribution < -0.4 is 0 Å². The van der Waals surface area contributed by atoms with Crippen LogP contribution in [0.2, 0.25) is 0 Å². The molecule has 1 atom stereocenters. The average molecular weight is 1060 g/mol. The molecule has 0 aliphatic rings. The number of allylic oxidation sites excluding steroid dienone is 10. The second-order valence-corrected chi connectivity index (χ2v) is 22.9. The summed E-state index contributed by atoms with van der Waals surface area (Å²) in [6.45, 7) is 4.07. The molecule has 0 fully saturated rings. The number of ether oxygens (including phenoxy) is 2. The lowest BCUT2D eigenvalue weighted by molar-refractivity contribution is -0.161. The molecule has 0 aliphatic heterocycles. The molecule has 1 unspecified atom stereocenters. The van der Waals surface area contributed by atoms with Crippen LogP contribution in [0, 0.1) is 0 Å². The van der Waals surface area contributed by atoms with Crippen LogP contribution in [0.5, 0.6) is 0 Å². The molecule has 76 heavy (non-hydrogen) atoms. The number of carbonyl (C=O) groups excluding carboxylic acids is 2. The van der Waals surface area contributed by atoms with Gasteiger partial charge < -0.3 is 14.6 Å². The summed E-state index contributed by atoms with van der Waals surface area (Å²) >= 11 is 0. The molecule has 1 N–H and O–H groups in total. The van der Waals surface area contributed by atoms with Gasteiger partial charge in [-0.2, -0.15) is 0 Å². The predicted molar refractivity (Wildman–Crippen MR) is 334 cm³/mol. The Morgan fingerprint density at radius 2 is 0.566 bits per heavy atom. The van der Waals surface area contributed by atoms with Crippen LogP contribution in [0.15, 0.2) is 60.8 Å². The van der Waals surface area contributed by atoms with E-state index in [1.807, 2.05) is 0 Å². The number of esters is 2. The van der Waals surface area contributed by atoms with Crippen molar-refractivity contribution in [2.75, 3.05) is 13.2 Å². The number of aliphatic hydroxyl groups is 1. The first-order chi connectivity index (χ1) is 37.6. The molecule has 0 heterocycles. The first-order valence-electron chi connectivity index (χ1n) is 33.8. The number of unbranched alkanes of at least 4 members (excludes halogenated alkanes) is 45. The lowest BCUT2D eigenvalue weighted by Gasteiger charge is -2.15. The largest absolute Gasteiger partial charge is 0.462 e. The quantitative estimate of drug-likeness (QED) is 0.0373. The van der Waals surface area contributed by atoms with E-state index >= 15 is 0 Å². The Kier molecular flexibility index (Phi) is 64.8. The summed E-state index contributed by atoms with van der Waals surface area (Å²) in [7, 11) is 0. The van der Waals surface area contributed by atoms with Crippen molar-refractivity contribution in [3.63, 3.8) is 0 Å². The van der Waals surface area contributed by atoms with Gasteiger partial charge in [0.25, 0.3) is 0 Å². The molecule has 0 saturated carbocycles. The summed E-state index contributed by atoms with van der Waals surface area (Å²) in [5.74, 6) is -0.573. The van der Waals surface area contributed by atoms with Crippen molar-refractivity contribution >= 4 is 11.9 Å². The fourth-order valence-electron chi connectivity index (χ4n) is 10.3. The van der Waals surface area contributed by atoms with E-state index in [9.17, 15) is 14.7 Å². The van der Waals surface area contributed by atoms with Crippen LogP contribution in [-0.4, -0.2) is 36.4 Å². The molecule has 0 aromatic rings. The van der Waals surface area contributed by atoms with Gasteiger partial charge in [0.2, 0.25) is 0 Å². The zero-order valence-electron chi connectivity index (χ0n) is 51.0. The fraction of sp³-hybridized carbons (Fsp3) is 0.831. The topological polar surface area (TPSA) is 72.8 Å². The van der Waals surface area contributed by atoms with Crippen molar-refractivity contribution in [2.45, 2.75) is 367 Å². The van der Waals surface area contributed by atoms with Crippen LogP contribution in [0.4, 0.5) is 0 Å². The van der Waals surface area contributed by atoms with Crippen molar-refractivity contribution in [1.29, 1.82) is 0 Å². The highest BCUT2D eigenvalue weighted by Gasteiger charge is 2.16. The third-order valence-electron chi connectivity index (χ3n) is 15.3. The van der Waals surface area contributed by atoms with Crippen LogP contribution in [0.25, 0.3) is 0 Å². The summed E-state index contributed by atoms with van der Waals surface area (Å²) in [5, 5.41) is 9.68. The average Bonchev–Trinajstić information content (AvgIpc) is 3.42. The van der Waals surface area contributed by atoms with Gasteiger partial charge in [0.15, 0.2) is 6.10 Å². The molecular formula is C71H130O5.